The van der Waals surface area contributed by atoms with E-state index in [1.165, 1.54) is 42.7 Å². The van der Waals surface area contributed by atoms with Crippen LogP contribution in [-0.2, 0) is 10.0 Å². The number of benzene rings is 2. The number of carbonyl (C=O) groups excluding carboxylic acids is 1. The third-order valence-corrected chi connectivity index (χ3v) is 4.77. The van der Waals surface area contributed by atoms with Crippen molar-refractivity contribution in [3.05, 3.63) is 78.3 Å². The number of rotatable bonds is 5. The molecule has 1 heterocycles. The Bertz CT molecular complexity index is 1080. The summed E-state index contributed by atoms with van der Waals surface area (Å²) in [5, 5.41) is 11.5. The Morgan fingerprint density at radius 2 is 1.77 bits per heavy atom. The van der Waals surface area contributed by atoms with Crippen LogP contribution in [0.4, 0.5) is 11.4 Å². The molecule has 3 rings (SSSR count). The molecule has 1 amide bonds. The predicted octanol–water partition coefficient (Wildman–Crippen LogP) is 3.20. The van der Waals surface area contributed by atoms with Crippen LogP contribution in [0.3, 0.4) is 0 Å². The van der Waals surface area contributed by atoms with Crippen molar-refractivity contribution in [2.75, 3.05) is 10.0 Å². The van der Waals surface area contributed by atoms with E-state index in [2.05, 4.69) is 10.0 Å². The minimum Gasteiger partial charge on any atom is -0.459 e. The third-order valence-electron chi connectivity index (χ3n) is 3.39. The lowest BCUT2D eigenvalue weighted by atomic mass is 10.2. The molecule has 0 aliphatic rings. The summed E-state index contributed by atoms with van der Waals surface area (Å²) in [6.45, 7) is 0. The highest BCUT2D eigenvalue weighted by Crippen LogP contribution is 2.20. The molecule has 0 atom stereocenters. The van der Waals surface area contributed by atoms with Crippen molar-refractivity contribution in [3.63, 3.8) is 0 Å². The minimum absolute atomic E-state index is 0.0263. The molecule has 0 spiro atoms. The van der Waals surface area contributed by atoms with Crippen molar-refractivity contribution in [1.29, 1.82) is 5.26 Å². The van der Waals surface area contributed by atoms with E-state index in [-0.39, 0.29) is 21.9 Å². The normalized spacial score (nSPS) is 10.7. The first kappa shape index (κ1) is 17.3. The Kier molecular flexibility index (Phi) is 4.73. The van der Waals surface area contributed by atoms with Crippen molar-refractivity contribution in [2.24, 2.45) is 0 Å². The molecule has 7 nitrogen and oxygen atoms in total. The van der Waals surface area contributed by atoms with Gasteiger partial charge >= 0.3 is 0 Å². The van der Waals surface area contributed by atoms with E-state index in [1.807, 2.05) is 6.07 Å². The Morgan fingerprint density at radius 3 is 2.50 bits per heavy atom. The number of hydrogen-bond donors (Lipinski definition) is 2. The van der Waals surface area contributed by atoms with Crippen LogP contribution >= 0.6 is 0 Å². The number of anilines is 2. The SMILES string of the molecule is N#Cc1cccc(S(=O)(=O)Nc2cccc(NC(=O)c3ccco3)c2)c1. The van der Waals surface area contributed by atoms with Crippen LogP contribution in [0.5, 0.6) is 0 Å². The molecular weight excluding hydrogens is 354 g/mol. The smallest absolute Gasteiger partial charge is 0.291 e. The Labute approximate surface area is 149 Å². The highest BCUT2D eigenvalue weighted by atomic mass is 32.2. The monoisotopic (exact) mass is 367 g/mol. The van der Waals surface area contributed by atoms with E-state index < -0.39 is 15.9 Å². The summed E-state index contributed by atoms with van der Waals surface area (Å²) in [7, 11) is -3.87. The van der Waals surface area contributed by atoms with E-state index >= 15 is 0 Å². The van der Waals surface area contributed by atoms with Crippen molar-refractivity contribution < 1.29 is 17.6 Å². The second kappa shape index (κ2) is 7.13. The van der Waals surface area contributed by atoms with Crippen LogP contribution in [0.15, 0.2) is 76.2 Å². The Morgan fingerprint density at radius 1 is 1.00 bits per heavy atom. The zero-order valence-electron chi connectivity index (χ0n) is 13.3. The maximum absolute atomic E-state index is 12.5. The molecule has 2 N–H and O–H groups in total. The first-order chi connectivity index (χ1) is 12.5. The molecule has 0 saturated carbocycles. The summed E-state index contributed by atoms with van der Waals surface area (Å²) in [6.07, 6.45) is 1.38. The van der Waals surface area contributed by atoms with Crippen LogP contribution in [0.1, 0.15) is 16.1 Å². The van der Waals surface area contributed by atoms with Gasteiger partial charge in [-0.05, 0) is 48.5 Å². The molecule has 0 unspecified atom stereocenters. The van der Waals surface area contributed by atoms with E-state index in [0.717, 1.165) is 0 Å². The lowest BCUT2D eigenvalue weighted by Crippen LogP contribution is -2.14. The van der Waals surface area contributed by atoms with Crippen molar-refractivity contribution in [3.8, 4) is 6.07 Å². The molecule has 130 valence electrons. The van der Waals surface area contributed by atoms with E-state index in [4.69, 9.17) is 9.68 Å². The fourth-order valence-electron chi connectivity index (χ4n) is 2.21. The van der Waals surface area contributed by atoms with E-state index in [0.29, 0.717) is 5.69 Å². The van der Waals surface area contributed by atoms with Crippen molar-refractivity contribution in [1.82, 2.24) is 0 Å². The van der Waals surface area contributed by atoms with Crippen LogP contribution in [-0.4, -0.2) is 14.3 Å². The van der Waals surface area contributed by atoms with Gasteiger partial charge in [0.2, 0.25) is 0 Å². The summed E-state index contributed by atoms with van der Waals surface area (Å²) >= 11 is 0. The number of nitrogens with zero attached hydrogens (tertiary/aromatic N) is 1. The first-order valence-electron chi connectivity index (χ1n) is 7.46. The van der Waals surface area contributed by atoms with Gasteiger partial charge in [-0.3, -0.25) is 9.52 Å². The van der Waals surface area contributed by atoms with Gasteiger partial charge in [0.1, 0.15) is 0 Å². The van der Waals surface area contributed by atoms with Gasteiger partial charge in [-0.25, -0.2) is 8.42 Å². The molecule has 0 bridgehead atoms. The van der Waals surface area contributed by atoms with Gasteiger partial charge < -0.3 is 9.73 Å². The summed E-state index contributed by atoms with van der Waals surface area (Å²) in [5.74, 6) is -0.305. The topological polar surface area (TPSA) is 112 Å². The average Bonchev–Trinajstić information content (AvgIpc) is 3.16. The summed E-state index contributed by atoms with van der Waals surface area (Å²) in [4.78, 5) is 12.0. The van der Waals surface area contributed by atoms with Crippen LogP contribution in [0.2, 0.25) is 0 Å². The number of furan rings is 1. The molecule has 0 aliphatic heterocycles. The van der Waals surface area contributed by atoms with Gasteiger partial charge in [-0.15, -0.1) is 0 Å². The molecule has 2 aromatic carbocycles. The Hall–Kier alpha value is -3.57. The van der Waals surface area contributed by atoms with Crippen molar-refractivity contribution in [2.45, 2.75) is 4.90 Å². The second-order valence-electron chi connectivity index (χ2n) is 5.26. The second-order valence-corrected chi connectivity index (χ2v) is 6.94. The average molecular weight is 367 g/mol. The number of nitrogens with one attached hydrogen (secondary N) is 2. The molecule has 0 aliphatic carbocycles. The number of amides is 1. The van der Waals surface area contributed by atoms with Gasteiger partial charge in [0, 0.05) is 5.69 Å². The van der Waals surface area contributed by atoms with E-state index in [1.54, 1.807) is 24.3 Å². The lowest BCUT2D eigenvalue weighted by Gasteiger charge is -2.10. The van der Waals surface area contributed by atoms with Crippen LogP contribution in [0.25, 0.3) is 0 Å². The minimum atomic E-state index is -3.87. The van der Waals surface area contributed by atoms with Crippen LogP contribution < -0.4 is 10.0 Å². The van der Waals surface area contributed by atoms with Gasteiger partial charge in [-0.2, -0.15) is 5.26 Å². The Balaban J connectivity index is 1.80. The standard InChI is InChI=1S/C18H13N3O4S/c19-12-13-4-1-7-16(10-13)26(23,24)21-15-6-2-5-14(11-15)20-18(22)17-8-3-9-25-17/h1-11,21H,(H,20,22). The zero-order valence-corrected chi connectivity index (χ0v) is 14.2. The van der Waals surface area contributed by atoms with Gasteiger partial charge in [0.05, 0.1) is 28.5 Å². The van der Waals surface area contributed by atoms with Gasteiger partial charge in [-0.1, -0.05) is 12.1 Å². The van der Waals surface area contributed by atoms with E-state index in [9.17, 15) is 13.2 Å². The van der Waals surface area contributed by atoms with Crippen molar-refractivity contribution >= 4 is 27.3 Å². The molecule has 26 heavy (non-hydrogen) atoms. The zero-order chi connectivity index (χ0) is 18.6. The van der Waals surface area contributed by atoms with Crippen LogP contribution in [0, 0.1) is 11.3 Å². The molecule has 1 aromatic heterocycles. The molecule has 0 radical (unpaired) electrons. The molecule has 0 fully saturated rings. The summed E-state index contributed by atoms with van der Waals surface area (Å²) in [5.41, 5.74) is 0.911. The summed E-state index contributed by atoms with van der Waals surface area (Å²) in [6, 6.07) is 16.9. The maximum atomic E-state index is 12.5. The lowest BCUT2D eigenvalue weighted by molar-refractivity contribution is 0.0996. The first-order valence-corrected chi connectivity index (χ1v) is 8.94. The molecule has 3 aromatic rings. The number of carbonyl (C=O) groups is 1. The predicted molar refractivity (Wildman–Crippen MR) is 95.1 cm³/mol. The summed E-state index contributed by atoms with van der Waals surface area (Å²) < 4.78 is 32.4. The van der Waals surface area contributed by atoms with Gasteiger partial charge in [0.25, 0.3) is 15.9 Å². The number of nitriles is 1. The molecule has 0 saturated heterocycles. The highest BCUT2D eigenvalue weighted by molar-refractivity contribution is 7.92. The number of hydrogen-bond acceptors (Lipinski definition) is 5. The fraction of sp³-hybridized carbons (Fsp3) is 0. The molecule has 8 heteroatoms. The largest absolute Gasteiger partial charge is 0.459 e. The van der Waals surface area contributed by atoms with Gasteiger partial charge in [0.15, 0.2) is 5.76 Å². The number of sulfonamides is 1. The quantitative estimate of drug-likeness (QED) is 0.719. The highest BCUT2D eigenvalue weighted by Gasteiger charge is 2.15. The third kappa shape index (κ3) is 3.91. The fourth-order valence-corrected chi connectivity index (χ4v) is 3.30. The molecular formula is C18H13N3O4S. The maximum Gasteiger partial charge on any atom is 0.291 e.